The summed E-state index contributed by atoms with van der Waals surface area (Å²) in [7, 11) is 0. The molecule has 0 radical (unpaired) electrons. The van der Waals surface area contributed by atoms with E-state index >= 15 is 0 Å². The van der Waals surface area contributed by atoms with Gasteiger partial charge in [0, 0.05) is 10.1 Å². The predicted molar refractivity (Wildman–Crippen MR) is 113 cm³/mol. The third-order valence-electron chi connectivity index (χ3n) is 4.11. The summed E-state index contributed by atoms with van der Waals surface area (Å²) in [6.07, 6.45) is 0. The van der Waals surface area contributed by atoms with E-state index in [9.17, 15) is 9.59 Å². The van der Waals surface area contributed by atoms with Crippen LogP contribution in [0.5, 0.6) is 0 Å². The fraction of sp³-hybridized carbons (Fsp3) is 0.150. The lowest BCUT2D eigenvalue weighted by Crippen LogP contribution is -2.23. The maximum absolute atomic E-state index is 12.9. The van der Waals surface area contributed by atoms with Crippen LogP contribution < -0.4 is 4.80 Å². The number of thiophene rings is 1. The van der Waals surface area contributed by atoms with Crippen LogP contribution >= 0.6 is 34.3 Å². The lowest BCUT2D eigenvalue weighted by molar-refractivity contribution is -0.143. The molecule has 28 heavy (non-hydrogen) atoms. The summed E-state index contributed by atoms with van der Waals surface area (Å²) in [5, 5.41) is 1.25. The van der Waals surface area contributed by atoms with Crippen molar-refractivity contribution in [3.05, 3.63) is 63.2 Å². The molecule has 0 atom stereocenters. The highest BCUT2D eigenvalue weighted by atomic mass is 35.5. The Morgan fingerprint density at radius 1 is 1.07 bits per heavy atom. The van der Waals surface area contributed by atoms with Crippen LogP contribution in [0.1, 0.15) is 16.6 Å². The molecular formula is C20H15ClN2O3S2. The Morgan fingerprint density at radius 2 is 1.79 bits per heavy atom. The van der Waals surface area contributed by atoms with E-state index < -0.39 is 5.91 Å². The van der Waals surface area contributed by atoms with E-state index in [0.29, 0.717) is 21.3 Å². The number of para-hydroxylation sites is 1. The molecule has 0 unspecified atom stereocenters. The van der Waals surface area contributed by atoms with Crippen molar-refractivity contribution in [3.63, 3.8) is 0 Å². The first-order valence-corrected chi connectivity index (χ1v) is 10.6. The molecule has 0 spiro atoms. The summed E-state index contributed by atoms with van der Waals surface area (Å²) in [4.78, 5) is 30.1. The third kappa shape index (κ3) is 3.48. The summed E-state index contributed by atoms with van der Waals surface area (Å²) in [6, 6.07) is 15.2. The monoisotopic (exact) mass is 430 g/mol. The van der Waals surface area contributed by atoms with E-state index in [1.807, 2.05) is 48.5 Å². The molecule has 8 heteroatoms. The van der Waals surface area contributed by atoms with Gasteiger partial charge in [-0.1, -0.05) is 53.3 Å². The lowest BCUT2D eigenvalue weighted by Gasteiger charge is -2.04. The fourth-order valence-electron chi connectivity index (χ4n) is 2.88. The topological polar surface area (TPSA) is 60.7 Å². The summed E-state index contributed by atoms with van der Waals surface area (Å²) in [5.74, 6) is -0.796. The first-order chi connectivity index (χ1) is 13.6. The smallest absolute Gasteiger partial charge is 0.326 e. The van der Waals surface area contributed by atoms with Crippen LogP contribution in [0, 0.1) is 0 Å². The number of carbonyl (C=O) groups excluding carboxylic acids is 2. The van der Waals surface area contributed by atoms with Gasteiger partial charge in [-0.2, -0.15) is 4.99 Å². The van der Waals surface area contributed by atoms with Gasteiger partial charge in [0.15, 0.2) is 4.80 Å². The first kappa shape index (κ1) is 18.9. The van der Waals surface area contributed by atoms with Gasteiger partial charge in [-0.05, 0) is 25.1 Å². The molecule has 5 nitrogen and oxygen atoms in total. The lowest BCUT2D eigenvalue weighted by atomic mass is 10.2. The molecule has 0 bridgehead atoms. The summed E-state index contributed by atoms with van der Waals surface area (Å²) >= 11 is 9.08. The average Bonchev–Trinajstić information content (AvgIpc) is 3.20. The molecule has 0 saturated heterocycles. The Hall–Kier alpha value is -2.48. The van der Waals surface area contributed by atoms with E-state index in [1.165, 1.54) is 22.7 Å². The number of thiazole rings is 1. The van der Waals surface area contributed by atoms with Gasteiger partial charge in [-0.3, -0.25) is 9.59 Å². The van der Waals surface area contributed by atoms with Crippen LogP contribution in [-0.2, 0) is 16.1 Å². The second kappa shape index (κ2) is 7.87. The Balaban J connectivity index is 1.82. The standard InChI is InChI=1S/C20H15ClN2O3S2/c1-2-26-16(24)11-23-13-8-4-6-10-15(13)28-20(23)22-19(25)18-17(21)12-7-3-5-9-14(12)27-18/h3-10H,2,11H2,1H3. The Bertz CT molecular complexity index is 1270. The zero-order valence-electron chi connectivity index (χ0n) is 14.8. The number of nitrogens with zero attached hydrogens (tertiary/aromatic N) is 2. The first-order valence-electron chi connectivity index (χ1n) is 8.58. The predicted octanol–water partition coefficient (Wildman–Crippen LogP) is 4.88. The van der Waals surface area contributed by atoms with E-state index in [2.05, 4.69) is 4.99 Å². The molecule has 4 rings (SSSR count). The maximum atomic E-state index is 12.9. The second-order valence-electron chi connectivity index (χ2n) is 5.90. The summed E-state index contributed by atoms with van der Waals surface area (Å²) < 4.78 is 8.64. The van der Waals surface area contributed by atoms with Crippen molar-refractivity contribution in [2.45, 2.75) is 13.5 Å². The van der Waals surface area contributed by atoms with Crippen molar-refractivity contribution in [1.82, 2.24) is 4.57 Å². The Kier molecular flexibility index (Phi) is 5.30. The number of hydrogen-bond donors (Lipinski definition) is 0. The van der Waals surface area contributed by atoms with Crippen molar-refractivity contribution in [2.24, 2.45) is 4.99 Å². The normalized spacial score (nSPS) is 12.0. The van der Waals surface area contributed by atoms with Gasteiger partial charge in [0.2, 0.25) is 0 Å². The molecule has 2 aromatic carbocycles. The highest BCUT2D eigenvalue weighted by Crippen LogP contribution is 2.35. The minimum Gasteiger partial charge on any atom is -0.465 e. The van der Waals surface area contributed by atoms with Crippen molar-refractivity contribution >= 4 is 66.5 Å². The van der Waals surface area contributed by atoms with E-state index in [0.717, 1.165) is 20.3 Å². The number of amides is 1. The van der Waals surface area contributed by atoms with Crippen molar-refractivity contribution < 1.29 is 14.3 Å². The van der Waals surface area contributed by atoms with E-state index in [4.69, 9.17) is 16.3 Å². The van der Waals surface area contributed by atoms with Gasteiger partial charge in [-0.15, -0.1) is 11.3 Å². The highest BCUT2D eigenvalue weighted by molar-refractivity contribution is 7.21. The molecule has 2 aromatic heterocycles. The SMILES string of the molecule is CCOC(=O)Cn1c(=NC(=O)c2sc3ccccc3c2Cl)sc2ccccc21. The largest absolute Gasteiger partial charge is 0.465 e. The number of rotatable bonds is 4. The van der Waals surface area contributed by atoms with Crippen LogP contribution in [0.25, 0.3) is 20.3 Å². The molecular weight excluding hydrogens is 416 g/mol. The quantitative estimate of drug-likeness (QED) is 0.434. The van der Waals surface area contributed by atoms with Gasteiger partial charge in [-0.25, -0.2) is 0 Å². The molecule has 0 aliphatic heterocycles. The second-order valence-corrected chi connectivity index (χ2v) is 8.34. The number of hydrogen-bond acceptors (Lipinski definition) is 5. The van der Waals surface area contributed by atoms with Gasteiger partial charge < -0.3 is 9.30 Å². The number of halogens is 1. The summed E-state index contributed by atoms with van der Waals surface area (Å²) in [5.41, 5.74) is 0.828. The number of esters is 1. The minimum absolute atomic E-state index is 0.00981. The van der Waals surface area contributed by atoms with Gasteiger partial charge >= 0.3 is 5.97 Å². The maximum Gasteiger partial charge on any atom is 0.326 e. The van der Waals surface area contributed by atoms with Crippen molar-refractivity contribution in [2.75, 3.05) is 6.61 Å². The fourth-order valence-corrected chi connectivity index (χ4v) is 5.31. The highest BCUT2D eigenvalue weighted by Gasteiger charge is 2.18. The summed E-state index contributed by atoms with van der Waals surface area (Å²) in [6.45, 7) is 2.04. The zero-order chi connectivity index (χ0) is 19.7. The van der Waals surface area contributed by atoms with Crippen LogP contribution in [-0.4, -0.2) is 23.1 Å². The molecule has 0 aliphatic rings. The van der Waals surface area contributed by atoms with Crippen LogP contribution in [0.2, 0.25) is 5.02 Å². The number of benzene rings is 2. The number of ether oxygens (including phenoxy) is 1. The van der Waals surface area contributed by atoms with Gasteiger partial charge in [0.25, 0.3) is 5.91 Å². The van der Waals surface area contributed by atoms with Gasteiger partial charge in [0.1, 0.15) is 11.4 Å². The van der Waals surface area contributed by atoms with Crippen LogP contribution in [0.15, 0.2) is 53.5 Å². The van der Waals surface area contributed by atoms with E-state index in [-0.39, 0.29) is 12.5 Å². The Labute approximate surface area is 173 Å². The third-order valence-corrected chi connectivity index (χ3v) is 6.83. The van der Waals surface area contributed by atoms with Crippen LogP contribution in [0.3, 0.4) is 0 Å². The van der Waals surface area contributed by atoms with Gasteiger partial charge in [0.05, 0.1) is 21.8 Å². The molecule has 142 valence electrons. The molecule has 2 heterocycles. The molecule has 1 amide bonds. The minimum atomic E-state index is -0.421. The van der Waals surface area contributed by atoms with Crippen molar-refractivity contribution in [3.8, 4) is 0 Å². The molecule has 0 saturated carbocycles. The average molecular weight is 431 g/mol. The Morgan fingerprint density at radius 3 is 2.54 bits per heavy atom. The molecule has 4 aromatic rings. The zero-order valence-corrected chi connectivity index (χ0v) is 17.2. The molecule has 0 N–H and O–H groups in total. The number of aromatic nitrogens is 1. The molecule has 0 aliphatic carbocycles. The number of carbonyl (C=O) groups is 2. The van der Waals surface area contributed by atoms with E-state index in [1.54, 1.807) is 11.5 Å². The van der Waals surface area contributed by atoms with Crippen molar-refractivity contribution in [1.29, 1.82) is 0 Å². The number of fused-ring (bicyclic) bond motifs is 2. The van der Waals surface area contributed by atoms with Crippen LogP contribution in [0.4, 0.5) is 0 Å². The molecule has 0 fully saturated rings.